The Labute approximate surface area is 136 Å². The van der Waals surface area contributed by atoms with Gasteiger partial charge < -0.3 is 20.5 Å². The van der Waals surface area contributed by atoms with Gasteiger partial charge in [-0.1, -0.05) is 6.07 Å². The molecule has 124 valence electrons. The summed E-state index contributed by atoms with van der Waals surface area (Å²) in [5, 5.41) is 3.08. The molecule has 1 aromatic carbocycles. The second kappa shape index (κ2) is 6.04. The molecule has 5 nitrogen and oxygen atoms in total. The lowest BCUT2D eigenvalue weighted by molar-refractivity contribution is -0.125. The number of rotatable bonds is 4. The van der Waals surface area contributed by atoms with E-state index in [0.717, 1.165) is 42.7 Å². The molecule has 1 heterocycles. The molecule has 0 bridgehead atoms. The van der Waals surface area contributed by atoms with E-state index in [0.29, 0.717) is 31.6 Å². The normalized spacial score (nSPS) is 31.2. The van der Waals surface area contributed by atoms with E-state index in [1.165, 1.54) is 0 Å². The summed E-state index contributed by atoms with van der Waals surface area (Å²) in [6, 6.07) is 6.26. The molecule has 3 aliphatic rings. The van der Waals surface area contributed by atoms with Crippen molar-refractivity contribution in [2.24, 2.45) is 23.5 Å². The molecule has 0 saturated heterocycles. The van der Waals surface area contributed by atoms with Crippen LogP contribution >= 0.6 is 0 Å². The van der Waals surface area contributed by atoms with Crippen molar-refractivity contribution < 1.29 is 14.3 Å². The van der Waals surface area contributed by atoms with Crippen molar-refractivity contribution in [3.63, 3.8) is 0 Å². The molecule has 2 saturated carbocycles. The third kappa shape index (κ3) is 3.02. The van der Waals surface area contributed by atoms with Crippen LogP contribution in [-0.4, -0.2) is 31.7 Å². The summed E-state index contributed by atoms with van der Waals surface area (Å²) in [5.74, 6) is 3.10. The Balaban J connectivity index is 1.29. The van der Waals surface area contributed by atoms with E-state index in [2.05, 4.69) is 5.32 Å². The molecule has 4 atom stereocenters. The predicted octanol–water partition coefficient (Wildman–Crippen LogP) is 1.49. The first kappa shape index (κ1) is 14.8. The van der Waals surface area contributed by atoms with E-state index < -0.39 is 0 Å². The van der Waals surface area contributed by atoms with Gasteiger partial charge in [0.1, 0.15) is 0 Å². The molecular weight excluding hydrogens is 292 g/mol. The quantitative estimate of drug-likeness (QED) is 0.883. The Hall–Kier alpha value is -1.75. The molecule has 4 rings (SSSR count). The van der Waals surface area contributed by atoms with Crippen LogP contribution in [0.4, 0.5) is 0 Å². The number of hydrogen-bond acceptors (Lipinski definition) is 4. The second-order valence-corrected chi connectivity index (χ2v) is 6.94. The third-order valence-corrected chi connectivity index (χ3v) is 5.35. The zero-order valence-corrected chi connectivity index (χ0v) is 13.3. The molecule has 1 amide bonds. The maximum atomic E-state index is 12.3. The average Bonchev–Trinajstić information content (AvgIpc) is 3.31. The Morgan fingerprint density at radius 3 is 2.74 bits per heavy atom. The van der Waals surface area contributed by atoms with Crippen LogP contribution in [0.25, 0.3) is 0 Å². The maximum Gasteiger partial charge on any atom is 0.223 e. The Bertz CT molecular complexity index is 604. The molecule has 0 unspecified atom stereocenters. The Morgan fingerprint density at radius 2 is 2.00 bits per heavy atom. The minimum atomic E-state index is 0.138. The molecule has 0 radical (unpaired) electrons. The van der Waals surface area contributed by atoms with Gasteiger partial charge in [-0.2, -0.15) is 0 Å². The number of amides is 1. The van der Waals surface area contributed by atoms with Crippen LogP contribution in [0.2, 0.25) is 0 Å². The van der Waals surface area contributed by atoms with Gasteiger partial charge in [0.2, 0.25) is 5.91 Å². The summed E-state index contributed by atoms with van der Waals surface area (Å²) in [7, 11) is 0. The second-order valence-electron chi connectivity index (χ2n) is 6.94. The zero-order valence-electron chi connectivity index (χ0n) is 13.3. The Kier molecular flexibility index (Phi) is 3.89. The zero-order chi connectivity index (χ0) is 15.8. The molecule has 3 N–H and O–H groups in total. The monoisotopic (exact) mass is 316 g/mol. The summed E-state index contributed by atoms with van der Waals surface area (Å²) in [6.45, 7) is 2.05. The van der Waals surface area contributed by atoms with Crippen molar-refractivity contribution in [3.8, 4) is 11.5 Å². The van der Waals surface area contributed by atoms with Crippen molar-refractivity contribution in [2.75, 3.05) is 19.8 Å². The van der Waals surface area contributed by atoms with E-state index in [9.17, 15) is 4.79 Å². The highest BCUT2D eigenvalue weighted by molar-refractivity contribution is 5.80. The van der Waals surface area contributed by atoms with E-state index in [4.69, 9.17) is 15.2 Å². The first-order valence-corrected chi connectivity index (χ1v) is 8.64. The molecule has 0 spiro atoms. The van der Waals surface area contributed by atoms with Crippen molar-refractivity contribution in [2.45, 2.75) is 31.7 Å². The van der Waals surface area contributed by atoms with Gasteiger partial charge >= 0.3 is 0 Å². The Morgan fingerprint density at radius 1 is 1.17 bits per heavy atom. The van der Waals surface area contributed by atoms with Crippen molar-refractivity contribution in [1.82, 2.24) is 5.32 Å². The summed E-state index contributed by atoms with van der Waals surface area (Å²) in [4.78, 5) is 12.3. The topological polar surface area (TPSA) is 73.6 Å². The summed E-state index contributed by atoms with van der Waals surface area (Å²) < 4.78 is 11.3. The number of fused-ring (bicyclic) bond motifs is 2. The van der Waals surface area contributed by atoms with Crippen LogP contribution in [0.3, 0.4) is 0 Å². The fraction of sp³-hybridized carbons (Fsp3) is 0.611. The van der Waals surface area contributed by atoms with Gasteiger partial charge in [-0.3, -0.25) is 4.79 Å². The first-order valence-electron chi connectivity index (χ1n) is 8.64. The molecule has 23 heavy (non-hydrogen) atoms. The van der Waals surface area contributed by atoms with Gasteiger partial charge in [-0.25, -0.2) is 0 Å². The number of benzene rings is 1. The first-order chi connectivity index (χ1) is 11.2. The number of hydrogen-bond donors (Lipinski definition) is 2. The molecule has 5 heteroatoms. The van der Waals surface area contributed by atoms with Crippen LogP contribution in [0, 0.1) is 17.8 Å². The van der Waals surface area contributed by atoms with Gasteiger partial charge in [0.25, 0.3) is 0 Å². The summed E-state index contributed by atoms with van der Waals surface area (Å²) >= 11 is 0. The highest BCUT2D eigenvalue weighted by Crippen LogP contribution is 2.54. The van der Waals surface area contributed by atoms with Crippen LogP contribution < -0.4 is 20.5 Å². The van der Waals surface area contributed by atoms with Gasteiger partial charge in [0, 0.05) is 24.9 Å². The number of nitrogens with two attached hydrogens (primary N) is 1. The highest BCUT2D eigenvalue weighted by atomic mass is 16.5. The van der Waals surface area contributed by atoms with Gasteiger partial charge in [0.15, 0.2) is 11.5 Å². The number of carbonyl (C=O) groups is 1. The molecule has 2 fully saturated rings. The minimum absolute atomic E-state index is 0.138. The molecule has 2 aliphatic carbocycles. The fourth-order valence-corrected chi connectivity index (χ4v) is 3.96. The lowest BCUT2D eigenvalue weighted by Crippen LogP contribution is -2.33. The SMILES string of the molecule is N[C@@H]1C[C@H](C(=O)NCCc2ccc3c(c2)OCCCO3)[C@H]2C[C@H]21. The maximum absolute atomic E-state index is 12.3. The van der Waals surface area contributed by atoms with Crippen molar-refractivity contribution in [1.29, 1.82) is 0 Å². The largest absolute Gasteiger partial charge is 0.490 e. The number of ether oxygens (including phenoxy) is 2. The molecule has 1 aromatic rings. The minimum Gasteiger partial charge on any atom is -0.490 e. The number of carbonyl (C=O) groups excluding carboxylic acids is 1. The van der Waals surface area contributed by atoms with Crippen LogP contribution in [0.5, 0.6) is 11.5 Å². The third-order valence-electron chi connectivity index (χ3n) is 5.35. The highest BCUT2D eigenvalue weighted by Gasteiger charge is 2.55. The fourth-order valence-electron chi connectivity index (χ4n) is 3.96. The van der Waals surface area contributed by atoms with Crippen molar-refractivity contribution >= 4 is 5.91 Å². The van der Waals surface area contributed by atoms with E-state index >= 15 is 0 Å². The van der Waals surface area contributed by atoms with Gasteiger partial charge in [-0.05, 0) is 48.8 Å². The smallest absolute Gasteiger partial charge is 0.223 e. The molecular formula is C18H24N2O3. The predicted molar refractivity (Wildman–Crippen MR) is 86.4 cm³/mol. The van der Waals surface area contributed by atoms with Crippen molar-refractivity contribution in [3.05, 3.63) is 23.8 Å². The standard InChI is InChI=1S/C18H24N2O3/c19-15-10-14(12-9-13(12)15)18(21)20-5-4-11-2-3-16-17(8-11)23-7-1-6-22-16/h2-3,8,12-15H,1,4-7,9-10,19H2,(H,20,21)/t12-,13+,14-,15+/m0/s1. The number of nitrogens with one attached hydrogen (secondary N) is 1. The van der Waals surface area contributed by atoms with E-state index in [1.807, 2.05) is 18.2 Å². The van der Waals surface area contributed by atoms with E-state index in [-0.39, 0.29) is 17.9 Å². The summed E-state index contributed by atoms with van der Waals surface area (Å²) in [5.41, 5.74) is 7.19. The summed E-state index contributed by atoms with van der Waals surface area (Å²) in [6.07, 6.45) is 3.70. The van der Waals surface area contributed by atoms with Crippen LogP contribution in [0.15, 0.2) is 18.2 Å². The van der Waals surface area contributed by atoms with E-state index in [1.54, 1.807) is 0 Å². The van der Waals surface area contributed by atoms with Gasteiger partial charge in [-0.15, -0.1) is 0 Å². The molecule has 1 aliphatic heterocycles. The van der Waals surface area contributed by atoms with Gasteiger partial charge in [0.05, 0.1) is 13.2 Å². The average molecular weight is 316 g/mol. The lowest BCUT2D eigenvalue weighted by Gasteiger charge is -2.14. The van der Waals surface area contributed by atoms with Crippen LogP contribution in [-0.2, 0) is 11.2 Å². The van der Waals surface area contributed by atoms with Crippen LogP contribution in [0.1, 0.15) is 24.8 Å². The molecule has 0 aromatic heterocycles. The lowest BCUT2D eigenvalue weighted by atomic mass is 10.0.